The number of ketones is 1. The topological polar surface area (TPSA) is 52.6 Å². The van der Waals surface area contributed by atoms with E-state index in [0.29, 0.717) is 10.4 Å². The highest BCUT2D eigenvalue weighted by molar-refractivity contribution is 7.17. The molecule has 5 heteroatoms. The maximum atomic E-state index is 12.4. The Morgan fingerprint density at radius 3 is 2.56 bits per heavy atom. The van der Waals surface area contributed by atoms with Crippen molar-refractivity contribution in [2.45, 2.75) is 12.8 Å². The maximum Gasteiger partial charge on any atom is 0.348 e. The highest BCUT2D eigenvalue weighted by Gasteiger charge is 2.23. The molecule has 0 saturated carbocycles. The smallest absolute Gasteiger partial charge is 0.348 e. The second-order valence-corrected chi connectivity index (χ2v) is 7.41. The standard InChI is InChI=1S/C22H18O4S/c1-25-17-9-10-18-15(11-17)7-8-16-12-20(27-21(16)18)22(24)26-13-19(23)14-5-3-2-4-6-14/h2-6,9-12H,7-8,13H2,1H3. The minimum atomic E-state index is -0.450. The summed E-state index contributed by atoms with van der Waals surface area (Å²) in [4.78, 5) is 26.2. The molecule has 3 aromatic rings. The van der Waals surface area contributed by atoms with E-state index in [9.17, 15) is 9.59 Å². The lowest BCUT2D eigenvalue weighted by Gasteiger charge is -2.16. The Balaban J connectivity index is 1.50. The van der Waals surface area contributed by atoms with Gasteiger partial charge in [-0.2, -0.15) is 0 Å². The molecule has 0 atom stereocenters. The fourth-order valence-corrected chi connectivity index (χ4v) is 4.41. The monoisotopic (exact) mass is 378 g/mol. The van der Waals surface area contributed by atoms with Gasteiger partial charge in [0.05, 0.1) is 7.11 Å². The molecule has 1 aliphatic rings. The lowest BCUT2D eigenvalue weighted by Crippen LogP contribution is -2.13. The van der Waals surface area contributed by atoms with E-state index in [1.165, 1.54) is 16.9 Å². The van der Waals surface area contributed by atoms with Crippen LogP contribution in [0.3, 0.4) is 0 Å². The highest BCUT2D eigenvalue weighted by Crippen LogP contribution is 2.40. The van der Waals surface area contributed by atoms with E-state index in [0.717, 1.165) is 34.6 Å². The molecule has 1 aromatic heterocycles. The fraction of sp³-hybridized carbons (Fsp3) is 0.182. The summed E-state index contributed by atoms with van der Waals surface area (Å²) in [5, 5.41) is 0. The molecule has 0 aliphatic heterocycles. The van der Waals surface area contributed by atoms with Crippen molar-refractivity contribution in [1.82, 2.24) is 0 Å². The number of benzene rings is 2. The van der Waals surface area contributed by atoms with Gasteiger partial charge < -0.3 is 9.47 Å². The summed E-state index contributed by atoms with van der Waals surface area (Å²) < 4.78 is 10.5. The van der Waals surface area contributed by atoms with Gasteiger partial charge in [-0.1, -0.05) is 30.3 Å². The van der Waals surface area contributed by atoms with Crippen molar-refractivity contribution in [2.24, 2.45) is 0 Å². The van der Waals surface area contributed by atoms with Crippen molar-refractivity contribution in [3.05, 3.63) is 76.2 Å². The molecule has 4 nitrogen and oxygen atoms in total. The van der Waals surface area contributed by atoms with E-state index in [4.69, 9.17) is 9.47 Å². The molecule has 1 aliphatic carbocycles. The molecule has 0 amide bonds. The Bertz CT molecular complexity index is 1000. The predicted molar refractivity (Wildman–Crippen MR) is 105 cm³/mol. The third kappa shape index (κ3) is 3.51. The third-order valence-corrected chi connectivity index (χ3v) is 5.85. The first-order valence-electron chi connectivity index (χ1n) is 8.71. The van der Waals surface area contributed by atoms with Crippen LogP contribution in [-0.4, -0.2) is 25.5 Å². The zero-order valence-corrected chi connectivity index (χ0v) is 15.7. The van der Waals surface area contributed by atoms with Crippen LogP contribution in [0, 0.1) is 0 Å². The molecule has 27 heavy (non-hydrogen) atoms. The van der Waals surface area contributed by atoms with E-state index in [-0.39, 0.29) is 12.4 Å². The van der Waals surface area contributed by atoms with Gasteiger partial charge in [0.2, 0.25) is 0 Å². The van der Waals surface area contributed by atoms with Gasteiger partial charge in [0.25, 0.3) is 0 Å². The Morgan fingerprint density at radius 1 is 1.00 bits per heavy atom. The third-order valence-electron chi connectivity index (χ3n) is 4.66. The number of hydrogen-bond acceptors (Lipinski definition) is 5. The van der Waals surface area contributed by atoms with Crippen molar-refractivity contribution in [3.8, 4) is 16.2 Å². The molecule has 4 rings (SSSR count). The molecule has 2 aromatic carbocycles. The number of thiophene rings is 1. The molecule has 0 N–H and O–H groups in total. The van der Waals surface area contributed by atoms with Gasteiger partial charge in [0.1, 0.15) is 10.6 Å². The molecule has 0 fully saturated rings. The Morgan fingerprint density at radius 2 is 1.78 bits per heavy atom. The number of methoxy groups -OCH3 is 1. The Kier molecular flexibility index (Phi) is 4.77. The maximum absolute atomic E-state index is 12.4. The van der Waals surface area contributed by atoms with Crippen LogP contribution in [0.25, 0.3) is 10.4 Å². The first-order chi connectivity index (χ1) is 13.2. The molecular weight excluding hydrogens is 360 g/mol. The number of carbonyl (C=O) groups is 2. The number of aryl methyl sites for hydroxylation is 2. The summed E-state index contributed by atoms with van der Waals surface area (Å²) in [6, 6.07) is 16.8. The minimum absolute atomic E-state index is 0.206. The van der Waals surface area contributed by atoms with E-state index in [1.807, 2.05) is 24.3 Å². The molecule has 0 spiro atoms. The van der Waals surface area contributed by atoms with Gasteiger partial charge >= 0.3 is 5.97 Å². The second-order valence-electron chi connectivity index (χ2n) is 6.35. The predicted octanol–water partition coefficient (Wildman–Crippen LogP) is 4.56. The van der Waals surface area contributed by atoms with Crippen molar-refractivity contribution < 1.29 is 19.1 Å². The summed E-state index contributed by atoms with van der Waals surface area (Å²) in [6.45, 7) is -0.251. The van der Waals surface area contributed by atoms with Gasteiger partial charge in [0.15, 0.2) is 12.4 Å². The lowest BCUT2D eigenvalue weighted by atomic mass is 9.91. The van der Waals surface area contributed by atoms with Crippen LogP contribution >= 0.6 is 11.3 Å². The zero-order valence-electron chi connectivity index (χ0n) is 14.9. The van der Waals surface area contributed by atoms with E-state index >= 15 is 0 Å². The van der Waals surface area contributed by atoms with Gasteiger partial charge in [-0.3, -0.25) is 4.79 Å². The largest absolute Gasteiger partial charge is 0.497 e. The number of fused-ring (bicyclic) bond motifs is 3. The highest BCUT2D eigenvalue weighted by atomic mass is 32.1. The number of esters is 1. The molecule has 0 bridgehead atoms. The quantitative estimate of drug-likeness (QED) is 0.482. The van der Waals surface area contributed by atoms with Crippen LogP contribution in [0.5, 0.6) is 5.75 Å². The van der Waals surface area contributed by atoms with Crippen LogP contribution in [0.2, 0.25) is 0 Å². The van der Waals surface area contributed by atoms with Crippen LogP contribution in [0.4, 0.5) is 0 Å². The molecule has 0 unspecified atom stereocenters. The van der Waals surface area contributed by atoms with Crippen LogP contribution in [-0.2, 0) is 17.6 Å². The van der Waals surface area contributed by atoms with Crippen LogP contribution in [0.1, 0.15) is 31.2 Å². The lowest BCUT2D eigenvalue weighted by molar-refractivity contribution is 0.0479. The SMILES string of the molecule is COc1ccc2c(c1)CCc1cc(C(=O)OCC(=O)c3ccccc3)sc1-2. The van der Waals surface area contributed by atoms with E-state index in [1.54, 1.807) is 31.4 Å². The van der Waals surface area contributed by atoms with Crippen molar-refractivity contribution >= 4 is 23.1 Å². The normalized spacial score (nSPS) is 12.0. The van der Waals surface area contributed by atoms with Crippen molar-refractivity contribution in [3.63, 3.8) is 0 Å². The van der Waals surface area contributed by atoms with Gasteiger partial charge in [0, 0.05) is 10.4 Å². The molecule has 0 saturated heterocycles. The number of rotatable bonds is 5. The molecular formula is C22H18O4S. The van der Waals surface area contributed by atoms with Crippen LogP contribution < -0.4 is 4.74 Å². The first kappa shape index (κ1) is 17.5. The molecule has 1 heterocycles. The number of Topliss-reactive ketones (excluding diaryl/α,β-unsaturated/α-hetero) is 1. The van der Waals surface area contributed by atoms with Gasteiger partial charge in [-0.25, -0.2) is 4.79 Å². The van der Waals surface area contributed by atoms with Gasteiger partial charge in [-0.05, 0) is 53.8 Å². The average Bonchev–Trinajstić information content (AvgIpc) is 3.16. The summed E-state index contributed by atoms with van der Waals surface area (Å²) >= 11 is 1.42. The zero-order chi connectivity index (χ0) is 18.8. The van der Waals surface area contributed by atoms with Crippen molar-refractivity contribution in [2.75, 3.05) is 13.7 Å². The van der Waals surface area contributed by atoms with E-state index < -0.39 is 5.97 Å². The number of hydrogen-bond donors (Lipinski definition) is 0. The molecule has 136 valence electrons. The summed E-state index contributed by atoms with van der Waals surface area (Å²) in [5.41, 5.74) is 4.06. The number of ether oxygens (including phenoxy) is 2. The molecule has 0 radical (unpaired) electrons. The van der Waals surface area contributed by atoms with Crippen molar-refractivity contribution in [1.29, 1.82) is 0 Å². The van der Waals surface area contributed by atoms with E-state index in [2.05, 4.69) is 6.07 Å². The summed E-state index contributed by atoms with van der Waals surface area (Å²) in [7, 11) is 1.66. The first-order valence-corrected chi connectivity index (χ1v) is 9.52. The fourth-order valence-electron chi connectivity index (χ4n) is 3.25. The summed E-state index contributed by atoms with van der Waals surface area (Å²) in [6.07, 6.45) is 1.79. The number of carbonyl (C=O) groups excluding carboxylic acids is 2. The Hall–Kier alpha value is -2.92. The Labute approximate surface area is 161 Å². The summed E-state index contributed by atoms with van der Waals surface area (Å²) in [5.74, 6) is 0.185. The van der Waals surface area contributed by atoms with Crippen LogP contribution in [0.15, 0.2) is 54.6 Å². The second kappa shape index (κ2) is 7.37. The average molecular weight is 378 g/mol. The van der Waals surface area contributed by atoms with Gasteiger partial charge in [-0.15, -0.1) is 11.3 Å². The minimum Gasteiger partial charge on any atom is -0.497 e.